The molecular weight excluding hydrogens is 186 g/mol. The summed E-state index contributed by atoms with van der Waals surface area (Å²) >= 11 is 0. The lowest BCUT2D eigenvalue weighted by Crippen LogP contribution is -2.53. The van der Waals surface area contributed by atoms with Crippen molar-refractivity contribution in [2.45, 2.75) is 46.1 Å². The average molecular weight is 211 g/mol. The molecule has 0 aromatic rings. The van der Waals surface area contributed by atoms with Gasteiger partial charge in [0.05, 0.1) is 6.10 Å². The van der Waals surface area contributed by atoms with E-state index in [4.69, 9.17) is 0 Å². The minimum Gasteiger partial charge on any atom is -0.393 e. The first-order chi connectivity index (χ1) is 6.95. The van der Waals surface area contributed by atoms with Gasteiger partial charge < -0.3 is 10.0 Å². The molecule has 0 amide bonds. The van der Waals surface area contributed by atoms with Gasteiger partial charge in [-0.15, -0.1) is 0 Å². The fraction of sp³-hybridized carbons (Fsp3) is 1.00. The molecule has 1 saturated carbocycles. The molecule has 88 valence electrons. The summed E-state index contributed by atoms with van der Waals surface area (Å²) < 4.78 is 0. The zero-order valence-electron chi connectivity index (χ0n) is 10.4. The summed E-state index contributed by atoms with van der Waals surface area (Å²) in [7, 11) is 0. The van der Waals surface area contributed by atoms with Gasteiger partial charge in [-0.2, -0.15) is 0 Å². The predicted octanol–water partition coefficient (Wildman–Crippen LogP) is 2.13. The fourth-order valence-electron chi connectivity index (χ4n) is 2.85. The normalized spacial score (nSPS) is 34.4. The van der Waals surface area contributed by atoms with Crippen molar-refractivity contribution in [3.05, 3.63) is 0 Å². The summed E-state index contributed by atoms with van der Waals surface area (Å²) in [6.07, 6.45) is 3.30. The summed E-state index contributed by atoms with van der Waals surface area (Å²) in [6.45, 7) is 10.8. The van der Waals surface area contributed by atoms with Gasteiger partial charge >= 0.3 is 0 Å². The summed E-state index contributed by atoms with van der Waals surface area (Å²) in [5, 5.41) is 9.47. The fourth-order valence-corrected chi connectivity index (χ4v) is 2.85. The van der Waals surface area contributed by atoms with E-state index in [1.807, 2.05) is 0 Å². The third-order valence-electron chi connectivity index (χ3n) is 4.21. The van der Waals surface area contributed by atoms with Crippen molar-refractivity contribution in [3.8, 4) is 0 Å². The highest BCUT2D eigenvalue weighted by molar-refractivity contribution is 4.89. The lowest BCUT2D eigenvalue weighted by molar-refractivity contribution is 0.0132. The lowest BCUT2D eigenvalue weighted by Gasteiger charge is -2.47. The van der Waals surface area contributed by atoms with Gasteiger partial charge in [0.25, 0.3) is 0 Å². The smallest absolute Gasteiger partial charge is 0.0543 e. The van der Waals surface area contributed by atoms with Gasteiger partial charge in [0.15, 0.2) is 0 Å². The van der Waals surface area contributed by atoms with Crippen LogP contribution in [0.5, 0.6) is 0 Å². The molecule has 0 aromatic carbocycles. The SMILES string of the molecule is CC(C)(C)C1CN(CC2CCC(O)C2)C1. The number of hydrogen-bond donors (Lipinski definition) is 1. The average Bonchev–Trinajstić information content (AvgIpc) is 2.40. The van der Waals surface area contributed by atoms with Crippen LogP contribution in [0, 0.1) is 17.3 Å². The third-order valence-corrected chi connectivity index (χ3v) is 4.21. The van der Waals surface area contributed by atoms with Gasteiger partial charge in [-0.1, -0.05) is 20.8 Å². The second kappa shape index (κ2) is 4.06. The monoisotopic (exact) mass is 211 g/mol. The van der Waals surface area contributed by atoms with E-state index in [0.29, 0.717) is 5.41 Å². The molecule has 1 aliphatic carbocycles. The van der Waals surface area contributed by atoms with Gasteiger partial charge in [-0.25, -0.2) is 0 Å². The van der Waals surface area contributed by atoms with E-state index >= 15 is 0 Å². The third kappa shape index (κ3) is 2.73. The van der Waals surface area contributed by atoms with Crippen molar-refractivity contribution >= 4 is 0 Å². The van der Waals surface area contributed by atoms with E-state index in [1.54, 1.807) is 0 Å². The first-order valence-corrected chi connectivity index (χ1v) is 6.35. The van der Waals surface area contributed by atoms with Crippen molar-refractivity contribution in [1.82, 2.24) is 4.90 Å². The molecule has 2 unspecified atom stereocenters. The van der Waals surface area contributed by atoms with E-state index < -0.39 is 0 Å². The van der Waals surface area contributed by atoms with Gasteiger partial charge in [0, 0.05) is 19.6 Å². The zero-order valence-corrected chi connectivity index (χ0v) is 10.4. The van der Waals surface area contributed by atoms with Crippen LogP contribution in [0.4, 0.5) is 0 Å². The van der Waals surface area contributed by atoms with Crippen molar-refractivity contribution in [1.29, 1.82) is 0 Å². The van der Waals surface area contributed by atoms with Crippen molar-refractivity contribution in [2.75, 3.05) is 19.6 Å². The van der Waals surface area contributed by atoms with Crippen LogP contribution in [0.15, 0.2) is 0 Å². The Morgan fingerprint density at radius 2 is 1.87 bits per heavy atom. The number of rotatable bonds is 2. The molecule has 2 heteroatoms. The molecule has 2 aliphatic rings. The van der Waals surface area contributed by atoms with Crippen LogP contribution in [0.25, 0.3) is 0 Å². The maximum absolute atomic E-state index is 9.47. The van der Waals surface area contributed by atoms with Crippen LogP contribution in [-0.2, 0) is 0 Å². The summed E-state index contributed by atoms with van der Waals surface area (Å²) in [4.78, 5) is 2.57. The highest BCUT2D eigenvalue weighted by Crippen LogP contribution is 2.35. The maximum Gasteiger partial charge on any atom is 0.0543 e. The first-order valence-electron chi connectivity index (χ1n) is 6.35. The Labute approximate surface area is 93.7 Å². The Balaban J connectivity index is 1.68. The van der Waals surface area contributed by atoms with Gasteiger partial charge in [0.2, 0.25) is 0 Å². The van der Waals surface area contributed by atoms with Crippen molar-refractivity contribution in [2.24, 2.45) is 17.3 Å². The molecule has 0 spiro atoms. The van der Waals surface area contributed by atoms with E-state index in [1.165, 1.54) is 26.1 Å². The number of nitrogens with zero attached hydrogens (tertiary/aromatic N) is 1. The van der Waals surface area contributed by atoms with Crippen LogP contribution in [0.1, 0.15) is 40.0 Å². The molecule has 2 atom stereocenters. The molecule has 2 nitrogen and oxygen atoms in total. The highest BCUT2D eigenvalue weighted by atomic mass is 16.3. The van der Waals surface area contributed by atoms with E-state index in [0.717, 1.165) is 24.7 Å². The minimum absolute atomic E-state index is 0.00492. The van der Waals surface area contributed by atoms with E-state index in [2.05, 4.69) is 25.7 Å². The Bertz CT molecular complexity index is 215. The van der Waals surface area contributed by atoms with Crippen molar-refractivity contribution < 1.29 is 5.11 Å². The van der Waals surface area contributed by atoms with Crippen LogP contribution < -0.4 is 0 Å². The van der Waals surface area contributed by atoms with Crippen LogP contribution >= 0.6 is 0 Å². The summed E-state index contributed by atoms with van der Waals surface area (Å²) in [5.41, 5.74) is 0.478. The number of hydrogen-bond acceptors (Lipinski definition) is 2. The Hall–Kier alpha value is -0.0800. The second-order valence-electron chi connectivity index (χ2n) is 6.61. The zero-order chi connectivity index (χ0) is 11.1. The molecule has 0 radical (unpaired) electrons. The van der Waals surface area contributed by atoms with Gasteiger partial charge in [0.1, 0.15) is 0 Å². The first kappa shape index (κ1) is 11.4. The van der Waals surface area contributed by atoms with Crippen LogP contribution in [-0.4, -0.2) is 35.7 Å². The molecule has 1 aliphatic heterocycles. The molecule has 1 heterocycles. The van der Waals surface area contributed by atoms with Gasteiger partial charge in [-0.05, 0) is 36.5 Å². The topological polar surface area (TPSA) is 23.5 Å². The largest absolute Gasteiger partial charge is 0.393 e. The van der Waals surface area contributed by atoms with Crippen LogP contribution in [0.2, 0.25) is 0 Å². The molecule has 1 N–H and O–H groups in total. The van der Waals surface area contributed by atoms with E-state index in [9.17, 15) is 5.11 Å². The molecule has 2 rings (SSSR count). The molecular formula is C13H25NO. The van der Waals surface area contributed by atoms with Crippen molar-refractivity contribution in [3.63, 3.8) is 0 Å². The quantitative estimate of drug-likeness (QED) is 0.756. The minimum atomic E-state index is -0.00492. The molecule has 15 heavy (non-hydrogen) atoms. The van der Waals surface area contributed by atoms with E-state index in [-0.39, 0.29) is 6.10 Å². The molecule has 2 fully saturated rings. The predicted molar refractivity (Wildman–Crippen MR) is 62.7 cm³/mol. The van der Waals surface area contributed by atoms with Gasteiger partial charge in [-0.3, -0.25) is 0 Å². The molecule has 0 bridgehead atoms. The number of aliphatic hydroxyl groups excluding tert-OH is 1. The Morgan fingerprint density at radius 1 is 1.20 bits per heavy atom. The standard InChI is InChI=1S/C13H25NO/c1-13(2,3)11-8-14(9-11)7-10-4-5-12(15)6-10/h10-12,15H,4-9H2,1-3H3. The lowest BCUT2D eigenvalue weighted by atomic mass is 9.76. The number of aliphatic hydroxyl groups is 1. The summed E-state index contributed by atoms with van der Waals surface area (Å²) in [6, 6.07) is 0. The highest BCUT2D eigenvalue weighted by Gasteiger charge is 2.37. The Morgan fingerprint density at radius 3 is 2.33 bits per heavy atom. The molecule has 0 aromatic heterocycles. The van der Waals surface area contributed by atoms with Crippen LogP contribution in [0.3, 0.4) is 0 Å². The summed E-state index contributed by atoms with van der Waals surface area (Å²) in [5.74, 6) is 1.64. The Kier molecular flexibility index (Phi) is 3.09. The number of likely N-dealkylation sites (tertiary alicyclic amines) is 1. The molecule has 1 saturated heterocycles. The maximum atomic E-state index is 9.47. The second-order valence-corrected chi connectivity index (χ2v) is 6.61.